The van der Waals surface area contributed by atoms with E-state index in [1.807, 2.05) is 4.90 Å². The van der Waals surface area contributed by atoms with Crippen LogP contribution in [0.2, 0.25) is 10.0 Å². The van der Waals surface area contributed by atoms with E-state index in [1.54, 1.807) is 6.33 Å². The van der Waals surface area contributed by atoms with Crippen molar-refractivity contribution in [1.29, 1.82) is 0 Å². The predicted octanol–water partition coefficient (Wildman–Crippen LogP) is 3.38. The summed E-state index contributed by atoms with van der Waals surface area (Å²) in [4.78, 5) is 17.7. The molecule has 0 amide bonds. The number of fused-ring (bicyclic) bond motifs is 1. The first-order valence-electron chi connectivity index (χ1n) is 7.28. The number of aromatic nitrogens is 4. The number of hydrogen-bond donors (Lipinski definition) is 1. The minimum Gasteiger partial charge on any atom is -0.370 e. The van der Waals surface area contributed by atoms with Crippen molar-refractivity contribution in [2.24, 2.45) is 0 Å². The van der Waals surface area contributed by atoms with Crippen LogP contribution >= 0.6 is 23.2 Å². The summed E-state index contributed by atoms with van der Waals surface area (Å²) in [6, 6.07) is 2.72. The fourth-order valence-electron chi connectivity index (χ4n) is 2.81. The van der Waals surface area contributed by atoms with Gasteiger partial charge in [-0.05, 0) is 12.1 Å². The number of ether oxygens (including phenoxy) is 1. The Labute approximate surface area is 146 Å². The van der Waals surface area contributed by atoms with Gasteiger partial charge >= 0.3 is 0 Å². The first kappa shape index (κ1) is 15.6. The molecule has 1 fully saturated rings. The molecule has 2 aromatic heterocycles. The Morgan fingerprint density at radius 2 is 2.08 bits per heavy atom. The number of nitrogens with zero attached hydrogens (tertiary/aromatic N) is 4. The monoisotopic (exact) mass is 367 g/mol. The van der Waals surface area contributed by atoms with E-state index in [9.17, 15) is 4.39 Å². The summed E-state index contributed by atoms with van der Waals surface area (Å²) in [5.74, 6) is 0.214. The highest BCUT2D eigenvalue weighted by Crippen LogP contribution is 2.34. The summed E-state index contributed by atoms with van der Waals surface area (Å²) in [6.07, 6.45) is 2.66. The van der Waals surface area contributed by atoms with Crippen LogP contribution in [-0.2, 0) is 4.74 Å². The fourth-order valence-corrected chi connectivity index (χ4v) is 3.31. The number of morpholine rings is 1. The maximum absolute atomic E-state index is 13.8. The van der Waals surface area contributed by atoms with Crippen molar-refractivity contribution in [2.75, 3.05) is 24.6 Å². The van der Waals surface area contributed by atoms with Crippen molar-refractivity contribution >= 4 is 40.2 Å². The number of benzene rings is 1. The topological polar surface area (TPSA) is 66.9 Å². The highest BCUT2D eigenvalue weighted by molar-refractivity contribution is 6.35. The van der Waals surface area contributed by atoms with Crippen LogP contribution in [0.5, 0.6) is 0 Å². The molecule has 1 atom stereocenters. The first-order valence-corrected chi connectivity index (χ1v) is 8.04. The highest BCUT2D eigenvalue weighted by Gasteiger charge is 2.27. The van der Waals surface area contributed by atoms with Gasteiger partial charge in [-0.15, -0.1) is 0 Å². The van der Waals surface area contributed by atoms with Gasteiger partial charge in [0.05, 0.1) is 18.0 Å². The molecular formula is C15H12Cl2FN5O. The first-order chi connectivity index (χ1) is 11.6. The van der Waals surface area contributed by atoms with Crippen LogP contribution in [-0.4, -0.2) is 39.6 Å². The smallest absolute Gasteiger partial charge is 0.182 e. The van der Waals surface area contributed by atoms with Crippen molar-refractivity contribution in [3.8, 4) is 0 Å². The molecule has 3 heterocycles. The molecule has 1 saturated heterocycles. The van der Waals surface area contributed by atoms with Crippen molar-refractivity contribution in [3.63, 3.8) is 0 Å². The molecule has 4 rings (SSSR count). The molecule has 0 bridgehead atoms. The van der Waals surface area contributed by atoms with Crippen LogP contribution < -0.4 is 4.90 Å². The van der Waals surface area contributed by atoms with Crippen LogP contribution in [0.15, 0.2) is 24.8 Å². The molecule has 3 aromatic rings. The number of hydrogen-bond acceptors (Lipinski definition) is 5. The summed E-state index contributed by atoms with van der Waals surface area (Å²) in [5.41, 5.74) is 1.92. The number of rotatable bonds is 2. The third kappa shape index (κ3) is 2.68. The summed E-state index contributed by atoms with van der Waals surface area (Å²) >= 11 is 12.0. The molecule has 1 aliphatic heterocycles. The van der Waals surface area contributed by atoms with Gasteiger partial charge in [-0.3, -0.25) is 0 Å². The van der Waals surface area contributed by atoms with Crippen molar-refractivity contribution in [3.05, 3.63) is 46.2 Å². The quantitative estimate of drug-likeness (QED) is 0.703. The number of halogens is 3. The molecule has 1 aromatic carbocycles. The standard InChI is InChI=1S/C15H12Cl2FN5O/c16-9-4-10(17)11(18)3-8(9)12-5-23(1-2-24-12)15-13-14(20-6-19-13)21-7-22-15/h3-4,6-7,12H,1-2,5H2,(H,19,20,21,22). The number of imidazole rings is 1. The lowest BCUT2D eigenvalue weighted by molar-refractivity contribution is 0.0395. The van der Waals surface area contributed by atoms with Gasteiger partial charge in [-0.25, -0.2) is 19.3 Å². The SMILES string of the molecule is Fc1cc(C2CN(c3ncnc4nc[nH]c34)CCO2)c(Cl)cc1Cl. The minimum absolute atomic E-state index is 0.00798. The van der Waals surface area contributed by atoms with Gasteiger partial charge < -0.3 is 14.6 Å². The fraction of sp³-hybridized carbons (Fsp3) is 0.267. The molecule has 1 aliphatic rings. The van der Waals surface area contributed by atoms with E-state index < -0.39 is 5.82 Å². The maximum atomic E-state index is 13.8. The molecule has 1 N–H and O–H groups in total. The van der Waals surface area contributed by atoms with E-state index in [2.05, 4.69) is 19.9 Å². The molecule has 0 aliphatic carbocycles. The van der Waals surface area contributed by atoms with Crippen LogP contribution in [0.1, 0.15) is 11.7 Å². The van der Waals surface area contributed by atoms with E-state index in [0.717, 1.165) is 11.3 Å². The number of anilines is 1. The largest absolute Gasteiger partial charge is 0.370 e. The second-order valence-corrected chi connectivity index (χ2v) is 6.21. The number of nitrogens with one attached hydrogen (secondary N) is 1. The zero-order valence-corrected chi connectivity index (χ0v) is 13.9. The number of H-pyrrole nitrogens is 1. The van der Waals surface area contributed by atoms with Crippen LogP contribution in [0.3, 0.4) is 0 Å². The maximum Gasteiger partial charge on any atom is 0.182 e. The van der Waals surface area contributed by atoms with Gasteiger partial charge in [0.25, 0.3) is 0 Å². The molecular weight excluding hydrogens is 356 g/mol. The van der Waals surface area contributed by atoms with Gasteiger partial charge in [0.2, 0.25) is 0 Å². The Morgan fingerprint density at radius 3 is 2.96 bits per heavy atom. The lowest BCUT2D eigenvalue weighted by Gasteiger charge is -2.34. The van der Waals surface area contributed by atoms with Crippen molar-refractivity contribution in [2.45, 2.75) is 6.10 Å². The van der Waals surface area contributed by atoms with Gasteiger partial charge in [0, 0.05) is 23.7 Å². The second-order valence-electron chi connectivity index (χ2n) is 5.39. The summed E-state index contributed by atoms with van der Waals surface area (Å²) in [7, 11) is 0. The molecule has 0 radical (unpaired) electrons. The Bertz CT molecular complexity index is 903. The zero-order valence-electron chi connectivity index (χ0n) is 12.3. The van der Waals surface area contributed by atoms with Gasteiger partial charge in [0.1, 0.15) is 23.8 Å². The molecule has 0 saturated carbocycles. The lowest BCUT2D eigenvalue weighted by Crippen LogP contribution is -2.39. The van der Waals surface area contributed by atoms with Crippen LogP contribution in [0.25, 0.3) is 11.2 Å². The Morgan fingerprint density at radius 1 is 1.21 bits per heavy atom. The molecule has 9 heteroatoms. The summed E-state index contributed by atoms with van der Waals surface area (Å²) < 4.78 is 19.6. The Hall–Kier alpha value is -1.96. The van der Waals surface area contributed by atoms with Crippen molar-refractivity contribution in [1.82, 2.24) is 19.9 Å². The van der Waals surface area contributed by atoms with Crippen LogP contribution in [0, 0.1) is 5.82 Å². The summed E-state index contributed by atoms with van der Waals surface area (Å²) in [6.45, 7) is 1.59. The second kappa shape index (κ2) is 6.16. The highest BCUT2D eigenvalue weighted by atomic mass is 35.5. The van der Waals surface area contributed by atoms with Gasteiger partial charge in [0.15, 0.2) is 11.5 Å². The minimum atomic E-state index is -0.519. The third-order valence-electron chi connectivity index (χ3n) is 3.96. The molecule has 24 heavy (non-hydrogen) atoms. The predicted molar refractivity (Wildman–Crippen MR) is 89.0 cm³/mol. The Balaban J connectivity index is 1.67. The Kier molecular flexibility index (Phi) is 3.99. The average Bonchev–Trinajstić information content (AvgIpc) is 3.07. The average molecular weight is 368 g/mol. The van der Waals surface area contributed by atoms with E-state index in [4.69, 9.17) is 27.9 Å². The van der Waals surface area contributed by atoms with E-state index in [-0.39, 0.29) is 11.1 Å². The normalized spacial score (nSPS) is 18.3. The lowest BCUT2D eigenvalue weighted by atomic mass is 10.1. The van der Waals surface area contributed by atoms with Crippen LogP contribution in [0.4, 0.5) is 10.2 Å². The molecule has 124 valence electrons. The van der Waals surface area contributed by atoms with Gasteiger partial charge in [-0.2, -0.15) is 0 Å². The third-order valence-corrected chi connectivity index (χ3v) is 4.57. The summed E-state index contributed by atoms with van der Waals surface area (Å²) in [5, 5.41) is 0.369. The molecule has 0 spiro atoms. The van der Waals surface area contributed by atoms with E-state index >= 15 is 0 Å². The number of aromatic amines is 1. The van der Waals surface area contributed by atoms with E-state index in [0.29, 0.717) is 35.9 Å². The van der Waals surface area contributed by atoms with Crippen molar-refractivity contribution < 1.29 is 9.13 Å². The molecule has 6 nitrogen and oxygen atoms in total. The zero-order chi connectivity index (χ0) is 16.7. The molecule has 1 unspecified atom stereocenters. The van der Waals surface area contributed by atoms with Gasteiger partial charge in [-0.1, -0.05) is 23.2 Å². The van der Waals surface area contributed by atoms with E-state index in [1.165, 1.54) is 18.5 Å².